The Bertz CT molecular complexity index is 1160. The average molecular weight is 483 g/mol. The molecule has 6 nitrogen and oxygen atoms in total. The zero-order valence-electron chi connectivity index (χ0n) is 14.9. The number of methoxy groups -OCH3 is 1. The number of hydrogen-bond acceptors (Lipinski definition) is 4. The second kappa shape index (κ2) is 7.42. The number of halogens is 2. The van der Waals surface area contributed by atoms with Gasteiger partial charge in [0, 0.05) is 21.8 Å². The van der Waals surface area contributed by atoms with Crippen LogP contribution in [0.25, 0.3) is 11.3 Å². The Kier molecular flexibility index (Phi) is 5.11. The molecular weight excluding hydrogens is 466 g/mol. The van der Waals surface area contributed by atoms with Crippen LogP contribution in [0.2, 0.25) is 5.02 Å². The summed E-state index contributed by atoms with van der Waals surface area (Å²) in [6, 6.07) is 10.2. The molecule has 0 saturated heterocycles. The summed E-state index contributed by atoms with van der Waals surface area (Å²) in [5, 5.41) is 7.77. The normalized spacial score (nSPS) is 13.4. The van der Waals surface area contributed by atoms with Crippen LogP contribution in [-0.2, 0) is 22.9 Å². The molecule has 1 heterocycles. The Labute approximate surface area is 176 Å². The molecule has 0 aliphatic heterocycles. The van der Waals surface area contributed by atoms with E-state index >= 15 is 0 Å². The van der Waals surface area contributed by atoms with Crippen LogP contribution >= 0.6 is 27.5 Å². The van der Waals surface area contributed by atoms with Crippen molar-refractivity contribution in [1.82, 2.24) is 10.2 Å². The largest absolute Gasteiger partial charge is 0.494 e. The van der Waals surface area contributed by atoms with E-state index in [4.69, 9.17) is 16.3 Å². The van der Waals surface area contributed by atoms with Gasteiger partial charge < -0.3 is 4.74 Å². The molecule has 4 rings (SSSR count). The lowest BCUT2D eigenvalue weighted by Gasteiger charge is -2.15. The molecule has 1 aliphatic rings. The summed E-state index contributed by atoms with van der Waals surface area (Å²) in [6.45, 7) is 0. The zero-order chi connectivity index (χ0) is 19.9. The maximum Gasteiger partial charge on any atom is 0.265 e. The molecule has 1 aromatic heterocycles. The Balaban J connectivity index is 1.78. The number of aromatic amines is 1. The van der Waals surface area contributed by atoms with E-state index in [1.807, 2.05) is 12.1 Å². The van der Waals surface area contributed by atoms with Crippen molar-refractivity contribution in [3.63, 3.8) is 0 Å². The van der Waals surface area contributed by atoms with Crippen LogP contribution in [0.3, 0.4) is 0 Å². The highest BCUT2D eigenvalue weighted by Crippen LogP contribution is 2.38. The van der Waals surface area contributed by atoms with Gasteiger partial charge >= 0.3 is 0 Å². The summed E-state index contributed by atoms with van der Waals surface area (Å²) in [6.07, 6.45) is 2.96. The molecule has 2 aromatic carbocycles. The highest BCUT2D eigenvalue weighted by atomic mass is 79.9. The second-order valence-electron chi connectivity index (χ2n) is 6.45. The monoisotopic (exact) mass is 481 g/mol. The Morgan fingerprint density at radius 2 is 2.04 bits per heavy atom. The van der Waals surface area contributed by atoms with Crippen molar-refractivity contribution in [2.75, 3.05) is 11.8 Å². The van der Waals surface area contributed by atoms with Crippen LogP contribution in [0.15, 0.2) is 45.8 Å². The first kappa shape index (κ1) is 19.3. The SMILES string of the molecule is COc1c(Br)cc(Cl)cc1S(=O)(=O)Nc1ccccc1-c1n[nH]c2c1CCC2. The van der Waals surface area contributed by atoms with Gasteiger partial charge in [0.15, 0.2) is 5.75 Å². The molecule has 9 heteroatoms. The quantitative estimate of drug-likeness (QED) is 0.547. The summed E-state index contributed by atoms with van der Waals surface area (Å²) in [5.74, 6) is 0.190. The predicted molar refractivity (Wildman–Crippen MR) is 113 cm³/mol. The number of H-pyrrole nitrogens is 1. The molecule has 0 spiro atoms. The minimum atomic E-state index is -3.96. The van der Waals surface area contributed by atoms with Crippen molar-refractivity contribution < 1.29 is 13.2 Å². The lowest BCUT2D eigenvalue weighted by molar-refractivity contribution is 0.400. The minimum absolute atomic E-state index is 0.0450. The molecule has 0 unspecified atom stereocenters. The number of nitrogens with zero attached hydrogens (tertiary/aromatic N) is 1. The van der Waals surface area contributed by atoms with Crippen LogP contribution < -0.4 is 9.46 Å². The van der Waals surface area contributed by atoms with E-state index < -0.39 is 10.0 Å². The topological polar surface area (TPSA) is 84.1 Å². The Morgan fingerprint density at radius 1 is 1.25 bits per heavy atom. The van der Waals surface area contributed by atoms with E-state index in [1.165, 1.54) is 13.2 Å². The number of nitrogens with one attached hydrogen (secondary N) is 2. The molecule has 1 aliphatic carbocycles. The van der Waals surface area contributed by atoms with Gasteiger partial charge in [0.05, 0.1) is 23.0 Å². The van der Waals surface area contributed by atoms with Gasteiger partial charge in [-0.25, -0.2) is 8.42 Å². The van der Waals surface area contributed by atoms with Crippen molar-refractivity contribution in [2.24, 2.45) is 0 Å². The molecule has 0 atom stereocenters. The maximum absolute atomic E-state index is 13.1. The fourth-order valence-electron chi connectivity index (χ4n) is 3.45. The third kappa shape index (κ3) is 3.40. The summed E-state index contributed by atoms with van der Waals surface area (Å²) >= 11 is 9.37. The summed E-state index contributed by atoms with van der Waals surface area (Å²) in [7, 11) is -2.55. The molecule has 0 saturated carbocycles. The number of para-hydroxylation sites is 1. The van der Waals surface area contributed by atoms with Gasteiger partial charge in [-0.15, -0.1) is 0 Å². The van der Waals surface area contributed by atoms with E-state index in [-0.39, 0.29) is 15.7 Å². The first-order chi connectivity index (χ1) is 13.4. The fourth-order valence-corrected chi connectivity index (χ4v) is 5.92. The molecular formula is C19H17BrClN3O3S. The number of benzene rings is 2. The van der Waals surface area contributed by atoms with Crippen LogP contribution in [0.4, 0.5) is 5.69 Å². The van der Waals surface area contributed by atoms with Crippen molar-refractivity contribution in [3.8, 4) is 17.0 Å². The van der Waals surface area contributed by atoms with Crippen molar-refractivity contribution in [2.45, 2.75) is 24.2 Å². The van der Waals surface area contributed by atoms with Gasteiger partial charge in [-0.2, -0.15) is 5.10 Å². The molecule has 0 bridgehead atoms. The van der Waals surface area contributed by atoms with Crippen LogP contribution in [0.5, 0.6) is 5.75 Å². The third-order valence-electron chi connectivity index (χ3n) is 4.70. The third-order valence-corrected chi connectivity index (χ3v) is 6.88. The zero-order valence-corrected chi connectivity index (χ0v) is 18.1. The van der Waals surface area contributed by atoms with Crippen molar-refractivity contribution in [3.05, 3.63) is 57.2 Å². The van der Waals surface area contributed by atoms with Crippen LogP contribution in [0.1, 0.15) is 17.7 Å². The first-order valence-corrected chi connectivity index (χ1v) is 11.3. The van der Waals surface area contributed by atoms with Gasteiger partial charge in [-0.3, -0.25) is 9.82 Å². The Morgan fingerprint density at radius 3 is 2.82 bits per heavy atom. The van der Waals surface area contributed by atoms with Gasteiger partial charge in [0.25, 0.3) is 10.0 Å². The lowest BCUT2D eigenvalue weighted by atomic mass is 10.1. The smallest absolute Gasteiger partial charge is 0.265 e. The molecule has 0 radical (unpaired) electrons. The van der Waals surface area contributed by atoms with Gasteiger partial charge in [-0.1, -0.05) is 29.8 Å². The van der Waals surface area contributed by atoms with Gasteiger partial charge in [-0.05, 0) is 53.4 Å². The van der Waals surface area contributed by atoms with Gasteiger partial charge in [0.2, 0.25) is 0 Å². The van der Waals surface area contributed by atoms with E-state index in [9.17, 15) is 8.42 Å². The molecule has 2 N–H and O–H groups in total. The van der Waals surface area contributed by atoms with Crippen LogP contribution in [0, 0.1) is 0 Å². The fraction of sp³-hybridized carbons (Fsp3) is 0.211. The van der Waals surface area contributed by atoms with E-state index in [0.717, 1.165) is 41.8 Å². The average Bonchev–Trinajstić information content (AvgIpc) is 3.25. The number of anilines is 1. The Hall–Kier alpha value is -2.03. The number of rotatable bonds is 5. The van der Waals surface area contributed by atoms with E-state index in [1.54, 1.807) is 18.2 Å². The molecule has 146 valence electrons. The highest BCUT2D eigenvalue weighted by molar-refractivity contribution is 9.10. The van der Waals surface area contributed by atoms with Gasteiger partial charge in [0.1, 0.15) is 4.90 Å². The van der Waals surface area contributed by atoms with Crippen molar-refractivity contribution >= 4 is 43.2 Å². The summed E-state index contributed by atoms with van der Waals surface area (Å²) < 4.78 is 34.7. The molecule has 0 amide bonds. The maximum atomic E-state index is 13.1. The van der Waals surface area contributed by atoms with E-state index in [2.05, 4.69) is 30.8 Å². The predicted octanol–water partition coefficient (Wildman–Crippen LogP) is 4.79. The minimum Gasteiger partial charge on any atom is -0.494 e. The molecule has 28 heavy (non-hydrogen) atoms. The number of fused-ring (bicyclic) bond motifs is 1. The number of ether oxygens (including phenoxy) is 1. The van der Waals surface area contributed by atoms with Crippen molar-refractivity contribution in [1.29, 1.82) is 0 Å². The number of hydrogen-bond donors (Lipinski definition) is 2. The first-order valence-electron chi connectivity index (χ1n) is 8.62. The number of aromatic nitrogens is 2. The van der Waals surface area contributed by atoms with E-state index in [0.29, 0.717) is 10.2 Å². The standard InChI is InChI=1S/C19H17BrClN3O3S/c1-27-19-14(20)9-11(21)10-17(19)28(25,26)24-16-7-3-2-5-13(16)18-12-6-4-8-15(12)22-23-18/h2-3,5,7,9-10,24H,4,6,8H2,1H3,(H,22,23). The van der Waals surface area contributed by atoms with Crippen LogP contribution in [-0.4, -0.2) is 25.7 Å². The highest BCUT2D eigenvalue weighted by Gasteiger charge is 2.26. The molecule has 0 fully saturated rings. The number of aryl methyl sites for hydroxylation is 1. The summed E-state index contributed by atoms with van der Waals surface area (Å²) in [5.41, 5.74) is 4.22. The molecule has 3 aromatic rings. The lowest BCUT2D eigenvalue weighted by Crippen LogP contribution is -2.15. The number of sulfonamides is 1. The summed E-state index contributed by atoms with van der Waals surface area (Å²) in [4.78, 5) is -0.0450. The second-order valence-corrected chi connectivity index (χ2v) is 9.39.